The monoisotopic (exact) mass is 367 g/mol. The van der Waals surface area contributed by atoms with Gasteiger partial charge in [-0.25, -0.2) is 0 Å². The number of hydrogen-bond acceptors (Lipinski definition) is 3. The van der Waals surface area contributed by atoms with E-state index in [1.54, 1.807) is 0 Å². The van der Waals surface area contributed by atoms with Gasteiger partial charge in [0.25, 0.3) is 0 Å². The molecular formula is C21H25N3OS. The van der Waals surface area contributed by atoms with Gasteiger partial charge in [-0.15, -0.1) is 0 Å². The number of thiocarbonyl (C=S) groups is 1. The highest BCUT2D eigenvalue weighted by molar-refractivity contribution is 7.80. The zero-order valence-corrected chi connectivity index (χ0v) is 16.1. The molecule has 0 bridgehead atoms. The molecule has 4 nitrogen and oxygen atoms in total. The number of benzene rings is 2. The van der Waals surface area contributed by atoms with Gasteiger partial charge in [-0.2, -0.15) is 0 Å². The van der Waals surface area contributed by atoms with Gasteiger partial charge in [0.15, 0.2) is 10.9 Å². The fourth-order valence-corrected chi connectivity index (χ4v) is 3.51. The summed E-state index contributed by atoms with van der Waals surface area (Å²) in [6.07, 6.45) is 1.86. The first kappa shape index (κ1) is 18.5. The van der Waals surface area contributed by atoms with Crippen LogP contribution in [0.2, 0.25) is 0 Å². The standard InChI is InChI=1S/C21H25N3OS/c1-15-5-3-7-18(13-15)22-21(26)23-19-8-4-6-17(14-19)20(25)16-9-11-24(2)12-10-16/h3-8,13-14,16H,9-12H2,1-2H3,(H2,22,23,26). The van der Waals surface area contributed by atoms with Crippen LogP contribution in [0.1, 0.15) is 28.8 Å². The van der Waals surface area contributed by atoms with Gasteiger partial charge < -0.3 is 15.5 Å². The van der Waals surface area contributed by atoms with E-state index < -0.39 is 0 Å². The third-order valence-electron chi connectivity index (χ3n) is 4.77. The summed E-state index contributed by atoms with van der Waals surface area (Å²) in [5.74, 6) is 0.359. The minimum Gasteiger partial charge on any atom is -0.332 e. The third kappa shape index (κ3) is 4.90. The maximum atomic E-state index is 12.8. The fraction of sp³-hybridized carbons (Fsp3) is 0.333. The smallest absolute Gasteiger partial charge is 0.175 e. The van der Waals surface area contributed by atoms with Crippen molar-refractivity contribution in [3.63, 3.8) is 0 Å². The Kier molecular flexibility index (Phi) is 6.01. The minimum atomic E-state index is 0.124. The first-order valence-electron chi connectivity index (χ1n) is 8.99. The van der Waals surface area contributed by atoms with Crippen LogP contribution in [-0.4, -0.2) is 35.9 Å². The molecule has 26 heavy (non-hydrogen) atoms. The number of nitrogens with one attached hydrogen (secondary N) is 2. The van der Waals surface area contributed by atoms with Crippen molar-refractivity contribution in [3.05, 3.63) is 59.7 Å². The van der Waals surface area contributed by atoms with Crippen LogP contribution in [0.3, 0.4) is 0 Å². The molecule has 1 fully saturated rings. The molecule has 1 aliphatic heterocycles. The molecule has 0 aromatic heterocycles. The largest absolute Gasteiger partial charge is 0.332 e. The van der Waals surface area contributed by atoms with Gasteiger partial charge in [-0.3, -0.25) is 4.79 Å². The highest BCUT2D eigenvalue weighted by Gasteiger charge is 2.24. The molecular weight excluding hydrogens is 342 g/mol. The minimum absolute atomic E-state index is 0.124. The van der Waals surface area contributed by atoms with E-state index in [1.807, 2.05) is 55.5 Å². The number of likely N-dealkylation sites (tertiary alicyclic amines) is 1. The van der Waals surface area contributed by atoms with Crippen molar-refractivity contribution in [2.24, 2.45) is 5.92 Å². The number of aryl methyl sites for hydroxylation is 1. The molecule has 0 unspecified atom stereocenters. The summed E-state index contributed by atoms with van der Waals surface area (Å²) in [7, 11) is 2.10. The number of Topliss-reactive ketones (excluding diaryl/α,β-unsaturated/α-hetero) is 1. The summed E-state index contributed by atoms with van der Waals surface area (Å²) in [5, 5.41) is 6.87. The Morgan fingerprint density at radius 3 is 2.31 bits per heavy atom. The number of carbonyl (C=O) groups excluding carboxylic acids is 1. The molecule has 2 N–H and O–H groups in total. The number of rotatable bonds is 4. The Morgan fingerprint density at radius 1 is 1.04 bits per heavy atom. The van der Waals surface area contributed by atoms with Crippen LogP contribution in [0.5, 0.6) is 0 Å². The van der Waals surface area contributed by atoms with Gasteiger partial charge in [0.2, 0.25) is 0 Å². The summed E-state index contributed by atoms with van der Waals surface area (Å²) in [6, 6.07) is 15.7. The number of nitrogens with zero attached hydrogens (tertiary/aromatic N) is 1. The van der Waals surface area contributed by atoms with Crippen molar-refractivity contribution in [3.8, 4) is 0 Å². The van der Waals surface area contributed by atoms with Crippen molar-refractivity contribution < 1.29 is 4.79 Å². The highest BCUT2D eigenvalue weighted by Crippen LogP contribution is 2.22. The van der Waals surface area contributed by atoms with Crippen LogP contribution in [0.4, 0.5) is 11.4 Å². The first-order valence-corrected chi connectivity index (χ1v) is 9.39. The number of ketones is 1. The lowest BCUT2D eigenvalue weighted by molar-refractivity contribution is 0.0857. The molecule has 0 atom stereocenters. The summed E-state index contributed by atoms with van der Waals surface area (Å²) in [5.41, 5.74) is 3.70. The van der Waals surface area contributed by atoms with E-state index in [4.69, 9.17) is 12.2 Å². The quantitative estimate of drug-likeness (QED) is 0.622. The van der Waals surface area contributed by atoms with Crippen LogP contribution in [0.15, 0.2) is 48.5 Å². The molecule has 3 rings (SSSR count). The van der Waals surface area contributed by atoms with Crippen LogP contribution in [0, 0.1) is 12.8 Å². The van der Waals surface area contributed by atoms with Gasteiger partial charge in [0, 0.05) is 22.9 Å². The zero-order chi connectivity index (χ0) is 18.5. The van der Waals surface area contributed by atoms with E-state index in [2.05, 4.69) is 22.6 Å². The molecule has 0 radical (unpaired) electrons. The summed E-state index contributed by atoms with van der Waals surface area (Å²) in [4.78, 5) is 15.1. The zero-order valence-electron chi connectivity index (χ0n) is 15.3. The normalized spacial score (nSPS) is 15.5. The van der Waals surface area contributed by atoms with Gasteiger partial charge in [-0.1, -0.05) is 24.3 Å². The number of hydrogen-bond donors (Lipinski definition) is 2. The number of carbonyl (C=O) groups is 1. The van der Waals surface area contributed by atoms with Gasteiger partial charge in [-0.05, 0) is 81.9 Å². The second kappa shape index (κ2) is 8.43. The van der Waals surface area contributed by atoms with Crippen LogP contribution in [0.25, 0.3) is 0 Å². The van der Waals surface area contributed by atoms with Crippen molar-refractivity contribution in [2.45, 2.75) is 19.8 Å². The lowest BCUT2D eigenvalue weighted by Gasteiger charge is -2.28. The Hall–Kier alpha value is -2.24. The predicted molar refractivity (Wildman–Crippen MR) is 112 cm³/mol. The molecule has 0 aliphatic carbocycles. The van der Waals surface area contributed by atoms with E-state index in [0.717, 1.165) is 42.9 Å². The van der Waals surface area contributed by atoms with Crippen LogP contribution in [-0.2, 0) is 0 Å². The Labute approximate surface area is 160 Å². The molecule has 136 valence electrons. The molecule has 1 aliphatic rings. The predicted octanol–water partition coefficient (Wildman–Crippen LogP) is 4.33. The second-order valence-corrected chi connectivity index (χ2v) is 7.38. The fourth-order valence-electron chi connectivity index (χ4n) is 3.27. The number of anilines is 2. The topological polar surface area (TPSA) is 44.4 Å². The maximum Gasteiger partial charge on any atom is 0.175 e. The van der Waals surface area contributed by atoms with E-state index in [1.165, 1.54) is 5.56 Å². The van der Waals surface area contributed by atoms with Crippen molar-refractivity contribution in [1.82, 2.24) is 4.90 Å². The van der Waals surface area contributed by atoms with Crippen molar-refractivity contribution in [1.29, 1.82) is 0 Å². The first-order chi connectivity index (χ1) is 12.5. The summed E-state index contributed by atoms with van der Waals surface area (Å²) >= 11 is 5.40. The molecule has 2 aromatic carbocycles. The van der Waals surface area contributed by atoms with Gasteiger partial charge in [0.05, 0.1) is 0 Å². The average molecular weight is 368 g/mol. The van der Waals surface area contributed by atoms with E-state index in [9.17, 15) is 4.79 Å². The summed E-state index contributed by atoms with van der Waals surface area (Å²) in [6.45, 7) is 4.01. The van der Waals surface area contributed by atoms with Crippen molar-refractivity contribution in [2.75, 3.05) is 30.8 Å². The number of piperidine rings is 1. The summed E-state index contributed by atoms with van der Waals surface area (Å²) < 4.78 is 0. The highest BCUT2D eigenvalue weighted by atomic mass is 32.1. The SMILES string of the molecule is Cc1cccc(NC(=S)Nc2cccc(C(=O)C3CCN(C)CC3)c2)c1. The molecule has 2 aromatic rings. The molecule has 1 heterocycles. The van der Waals surface area contributed by atoms with Crippen LogP contribution >= 0.6 is 12.2 Å². The maximum absolute atomic E-state index is 12.8. The van der Waals surface area contributed by atoms with Crippen LogP contribution < -0.4 is 10.6 Å². The lowest BCUT2D eigenvalue weighted by atomic mass is 9.89. The average Bonchev–Trinajstić information content (AvgIpc) is 2.62. The Bertz CT molecular complexity index is 797. The second-order valence-electron chi connectivity index (χ2n) is 6.97. The lowest BCUT2D eigenvalue weighted by Crippen LogP contribution is -2.33. The molecule has 5 heteroatoms. The van der Waals surface area contributed by atoms with E-state index in [-0.39, 0.29) is 11.7 Å². The Balaban J connectivity index is 1.63. The molecule has 1 saturated heterocycles. The van der Waals surface area contributed by atoms with Crippen molar-refractivity contribution >= 4 is 34.5 Å². The van der Waals surface area contributed by atoms with Gasteiger partial charge in [0.1, 0.15) is 0 Å². The third-order valence-corrected chi connectivity index (χ3v) is 4.97. The molecule has 0 amide bonds. The van der Waals surface area contributed by atoms with E-state index >= 15 is 0 Å². The van der Waals surface area contributed by atoms with E-state index in [0.29, 0.717) is 5.11 Å². The van der Waals surface area contributed by atoms with Gasteiger partial charge >= 0.3 is 0 Å². The molecule has 0 saturated carbocycles. The molecule has 0 spiro atoms. The Morgan fingerprint density at radius 2 is 1.65 bits per heavy atom.